The Balaban J connectivity index is 0.00000128. The quantitative estimate of drug-likeness (QED) is 0.573. The summed E-state index contributed by atoms with van der Waals surface area (Å²) >= 11 is 0. The summed E-state index contributed by atoms with van der Waals surface area (Å²) in [5, 5.41) is 31.2. The second-order valence-electron chi connectivity index (χ2n) is 3.34. The second-order valence-corrected chi connectivity index (χ2v) is 3.34. The Morgan fingerprint density at radius 3 is 2.56 bits per heavy atom. The van der Waals surface area contributed by atoms with Gasteiger partial charge in [0.15, 0.2) is 11.5 Å². The lowest BCUT2D eigenvalue weighted by atomic mass is 10.1. The molecule has 0 aliphatic carbocycles. The number of aromatic hydroxyl groups is 2. The first-order valence-electron chi connectivity index (χ1n) is 4.66. The Hall–Kier alpha value is -1.46. The number of hydrogen-bond donors (Lipinski definition) is 4. The van der Waals surface area contributed by atoms with Crippen LogP contribution in [-0.4, -0.2) is 34.2 Å². The molecule has 4 N–H and O–H groups in total. The maximum absolute atomic E-state index is 9.85. The SMILES string of the molecule is Cl.Oc1ccc([C@@H](O)C2=NCCN2)cc1O. The van der Waals surface area contributed by atoms with Crippen LogP contribution in [0.4, 0.5) is 0 Å². The molecule has 88 valence electrons. The van der Waals surface area contributed by atoms with Gasteiger partial charge in [-0.25, -0.2) is 0 Å². The fraction of sp³-hybridized carbons (Fsp3) is 0.300. The lowest BCUT2D eigenvalue weighted by molar-refractivity contribution is 0.243. The third-order valence-electron chi connectivity index (χ3n) is 2.27. The van der Waals surface area contributed by atoms with Crippen LogP contribution in [0, 0.1) is 0 Å². The predicted octanol–water partition coefficient (Wildman–Crippen LogP) is 0.555. The van der Waals surface area contributed by atoms with E-state index in [1.165, 1.54) is 12.1 Å². The molecule has 0 saturated carbocycles. The van der Waals surface area contributed by atoms with E-state index < -0.39 is 6.10 Å². The minimum Gasteiger partial charge on any atom is -0.504 e. The normalized spacial score (nSPS) is 15.9. The van der Waals surface area contributed by atoms with Gasteiger partial charge in [-0.15, -0.1) is 12.4 Å². The van der Waals surface area contributed by atoms with E-state index in [-0.39, 0.29) is 23.9 Å². The Bertz CT molecular complexity index is 409. The summed E-state index contributed by atoms with van der Waals surface area (Å²) in [6.45, 7) is 1.37. The highest BCUT2D eigenvalue weighted by atomic mass is 35.5. The van der Waals surface area contributed by atoms with Crippen molar-refractivity contribution in [2.75, 3.05) is 13.1 Å². The average Bonchev–Trinajstić information content (AvgIpc) is 2.74. The lowest BCUT2D eigenvalue weighted by Gasteiger charge is -2.12. The van der Waals surface area contributed by atoms with Crippen molar-refractivity contribution in [1.29, 1.82) is 0 Å². The van der Waals surface area contributed by atoms with Crippen LogP contribution in [0.25, 0.3) is 0 Å². The maximum Gasteiger partial charge on any atom is 0.157 e. The standard InChI is InChI=1S/C10H12N2O3.ClH/c13-7-2-1-6(5-8(7)14)9(15)10-11-3-4-12-10;/h1-2,5,9,13-15H,3-4H2,(H,11,12);1H/t9-;/m1./s1. The molecule has 0 radical (unpaired) electrons. The van der Waals surface area contributed by atoms with Gasteiger partial charge in [0.2, 0.25) is 0 Å². The molecule has 0 unspecified atom stereocenters. The first-order valence-corrected chi connectivity index (χ1v) is 4.66. The van der Waals surface area contributed by atoms with Crippen LogP contribution in [0.2, 0.25) is 0 Å². The van der Waals surface area contributed by atoms with E-state index in [0.29, 0.717) is 17.9 Å². The molecule has 0 amide bonds. The highest BCUT2D eigenvalue weighted by Crippen LogP contribution is 2.28. The minimum atomic E-state index is -0.876. The van der Waals surface area contributed by atoms with E-state index in [9.17, 15) is 10.2 Å². The number of amidine groups is 1. The van der Waals surface area contributed by atoms with Gasteiger partial charge in [-0.05, 0) is 17.7 Å². The summed E-state index contributed by atoms with van der Waals surface area (Å²) in [6, 6.07) is 4.20. The fourth-order valence-electron chi connectivity index (χ4n) is 1.47. The van der Waals surface area contributed by atoms with Crippen molar-refractivity contribution in [1.82, 2.24) is 5.32 Å². The summed E-state index contributed by atoms with van der Waals surface area (Å²) in [5.41, 5.74) is 0.499. The molecule has 0 spiro atoms. The van der Waals surface area contributed by atoms with Crippen LogP contribution >= 0.6 is 12.4 Å². The fourth-order valence-corrected chi connectivity index (χ4v) is 1.47. The van der Waals surface area contributed by atoms with Gasteiger partial charge >= 0.3 is 0 Å². The molecule has 0 bridgehead atoms. The van der Waals surface area contributed by atoms with Crippen LogP contribution < -0.4 is 5.32 Å². The van der Waals surface area contributed by atoms with Gasteiger partial charge < -0.3 is 20.6 Å². The number of hydrogen-bond acceptors (Lipinski definition) is 5. The van der Waals surface area contributed by atoms with Gasteiger partial charge in [0.25, 0.3) is 0 Å². The number of aliphatic imine (C=N–C) groups is 1. The zero-order valence-corrected chi connectivity index (χ0v) is 9.24. The summed E-state index contributed by atoms with van der Waals surface area (Å²) < 4.78 is 0. The summed E-state index contributed by atoms with van der Waals surface area (Å²) in [7, 11) is 0. The van der Waals surface area contributed by atoms with Crippen molar-refractivity contribution in [3.05, 3.63) is 23.8 Å². The minimum absolute atomic E-state index is 0. The number of phenolic OH excluding ortho intramolecular Hbond substituents is 2. The van der Waals surface area contributed by atoms with Gasteiger partial charge in [0.05, 0.1) is 6.54 Å². The van der Waals surface area contributed by atoms with Gasteiger partial charge in [-0.1, -0.05) is 6.07 Å². The number of nitrogens with one attached hydrogen (secondary N) is 1. The summed E-state index contributed by atoms with van der Waals surface area (Å²) in [6.07, 6.45) is -0.876. The molecular weight excluding hydrogens is 232 g/mol. The number of benzene rings is 1. The zero-order chi connectivity index (χ0) is 10.8. The van der Waals surface area contributed by atoms with Gasteiger partial charge in [0, 0.05) is 6.54 Å². The molecule has 5 nitrogen and oxygen atoms in total. The molecule has 1 atom stereocenters. The van der Waals surface area contributed by atoms with Crippen molar-refractivity contribution in [3.8, 4) is 11.5 Å². The smallest absolute Gasteiger partial charge is 0.157 e. The molecule has 6 heteroatoms. The van der Waals surface area contributed by atoms with Crippen LogP contribution in [0.3, 0.4) is 0 Å². The number of aliphatic hydroxyl groups is 1. The third kappa shape index (κ3) is 2.37. The molecular formula is C10H13ClN2O3. The average molecular weight is 245 g/mol. The van der Waals surface area contributed by atoms with E-state index in [1.807, 2.05) is 0 Å². The molecule has 0 aromatic heterocycles. The Kier molecular flexibility index (Phi) is 3.98. The van der Waals surface area contributed by atoms with Crippen molar-refractivity contribution >= 4 is 18.2 Å². The lowest BCUT2D eigenvalue weighted by Crippen LogP contribution is -2.25. The number of rotatable bonds is 2. The van der Waals surface area contributed by atoms with Gasteiger partial charge in [-0.3, -0.25) is 4.99 Å². The Morgan fingerprint density at radius 1 is 1.25 bits per heavy atom. The number of phenols is 2. The molecule has 1 aliphatic heterocycles. The van der Waals surface area contributed by atoms with Crippen LogP contribution in [0.15, 0.2) is 23.2 Å². The zero-order valence-electron chi connectivity index (χ0n) is 8.42. The molecule has 2 rings (SSSR count). The van der Waals surface area contributed by atoms with E-state index >= 15 is 0 Å². The van der Waals surface area contributed by atoms with E-state index in [2.05, 4.69) is 10.3 Å². The van der Waals surface area contributed by atoms with E-state index in [4.69, 9.17) is 5.11 Å². The van der Waals surface area contributed by atoms with E-state index in [0.717, 1.165) is 6.54 Å². The highest BCUT2D eigenvalue weighted by molar-refractivity contribution is 5.88. The Labute approximate surface area is 98.9 Å². The molecule has 1 aromatic rings. The van der Waals surface area contributed by atoms with Crippen molar-refractivity contribution < 1.29 is 15.3 Å². The first-order chi connectivity index (χ1) is 7.18. The van der Waals surface area contributed by atoms with Crippen LogP contribution in [0.1, 0.15) is 11.7 Å². The maximum atomic E-state index is 9.85. The number of halogens is 1. The van der Waals surface area contributed by atoms with Crippen LogP contribution in [0.5, 0.6) is 11.5 Å². The summed E-state index contributed by atoms with van der Waals surface area (Å²) in [5.74, 6) is 0.0532. The molecule has 0 fully saturated rings. The first kappa shape index (κ1) is 12.6. The Morgan fingerprint density at radius 2 is 2.00 bits per heavy atom. The van der Waals surface area contributed by atoms with E-state index in [1.54, 1.807) is 6.07 Å². The molecule has 0 saturated heterocycles. The molecule has 1 aliphatic rings. The number of aliphatic hydroxyl groups excluding tert-OH is 1. The van der Waals surface area contributed by atoms with Crippen LogP contribution in [-0.2, 0) is 0 Å². The predicted molar refractivity (Wildman–Crippen MR) is 62.3 cm³/mol. The largest absolute Gasteiger partial charge is 0.504 e. The topological polar surface area (TPSA) is 85.1 Å². The van der Waals surface area contributed by atoms with Crippen molar-refractivity contribution in [2.45, 2.75) is 6.10 Å². The monoisotopic (exact) mass is 244 g/mol. The molecule has 16 heavy (non-hydrogen) atoms. The van der Waals surface area contributed by atoms with Crippen molar-refractivity contribution in [2.24, 2.45) is 4.99 Å². The third-order valence-corrected chi connectivity index (χ3v) is 2.27. The second kappa shape index (κ2) is 5.05. The van der Waals surface area contributed by atoms with Crippen molar-refractivity contribution in [3.63, 3.8) is 0 Å². The van der Waals surface area contributed by atoms with Gasteiger partial charge in [0.1, 0.15) is 11.9 Å². The number of nitrogens with zero attached hydrogens (tertiary/aromatic N) is 1. The molecule has 1 heterocycles. The molecule has 1 aromatic carbocycles. The van der Waals surface area contributed by atoms with Gasteiger partial charge in [-0.2, -0.15) is 0 Å². The summed E-state index contributed by atoms with van der Waals surface area (Å²) in [4.78, 5) is 4.08. The highest BCUT2D eigenvalue weighted by Gasteiger charge is 2.18.